The highest BCUT2D eigenvalue weighted by molar-refractivity contribution is 5.83. The molecule has 0 bridgehead atoms. The van der Waals surface area contributed by atoms with Crippen molar-refractivity contribution in [2.75, 3.05) is 26.6 Å². The van der Waals surface area contributed by atoms with E-state index < -0.39 is 6.09 Å². The van der Waals surface area contributed by atoms with Crippen molar-refractivity contribution in [3.8, 4) is 17.4 Å². The van der Waals surface area contributed by atoms with Gasteiger partial charge >= 0.3 is 6.09 Å². The van der Waals surface area contributed by atoms with Crippen LogP contribution in [0.3, 0.4) is 0 Å². The number of nitrogens with zero attached hydrogens (tertiary/aromatic N) is 3. The zero-order valence-corrected chi connectivity index (χ0v) is 14.6. The first-order chi connectivity index (χ1) is 12.6. The minimum Gasteiger partial charge on any atom is -0.497 e. The molecule has 0 unspecified atom stereocenters. The average molecular weight is 358 g/mol. The normalized spacial score (nSPS) is 10.4. The summed E-state index contributed by atoms with van der Waals surface area (Å²) in [5, 5.41) is 6.79. The van der Waals surface area contributed by atoms with Gasteiger partial charge < -0.3 is 18.9 Å². The number of aromatic nitrogens is 3. The fraction of sp³-hybridized carbons (Fsp3) is 0.235. The Kier molecular flexibility index (Phi) is 5.07. The first kappa shape index (κ1) is 17.3. The number of anilines is 1. The second-order valence-electron chi connectivity index (χ2n) is 5.23. The van der Waals surface area contributed by atoms with Gasteiger partial charge in [0.25, 0.3) is 0 Å². The molecule has 2 aromatic heterocycles. The minimum absolute atomic E-state index is 0.286. The topological polar surface area (TPSA) is 96.2 Å². The first-order valence-corrected chi connectivity index (χ1v) is 7.67. The maximum Gasteiger partial charge on any atom is 0.412 e. The zero-order chi connectivity index (χ0) is 18.5. The van der Waals surface area contributed by atoms with E-state index in [2.05, 4.69) is 20.1 Å². The van der Waals surface area contributed by atoms with Crippen LogP contribution in [0.4, 0.5) is 10.6 Å². The third kappa shape index (κ3) is 3.94. The maximum atomic E-state index is 11.2. The van der Waals surface area contributed by atoms with Crippen molar-refractivity contribution in [2.24, 2.45) is 0 Å². The van der Waals surface area contributed by atoms with Crippen LogP contribution in [-0.2, 0) is 11.3 Å². The van der Waals surface area contributed by atoms with E-state index in [0.717, 1.165) is 5.56 Å². The van der Waals surface area contributed by atoms with Gasteiger partial charge in [-0.2, -0.15) is 0 Å². The maximum absolute atomic E-state index is 11.2. The van der Waals surface area contributed by atoms with Crippen molar-refractivity contribution in [1.29, 1.82) is 0 Å². The Labute approximate surface area is 149 Å². The lowest BCUT2D eigenvalue weighted by Crippen LogP contribution is -2.10. The number of benzene rings is 1. The second-order valence-corrected chi connectivity index (χ2v) is 5.23. The molecule has 2 heterocycles. The lowest BCUT2D eigenvalue weighted by Gasteiger charge is -2.09. The van der Waals surface area contributed by atoms with Crippen LogP contribution >= 0.6 is 0 Å². The van der Waals surface area contributed by atoms with Crippen LogP contribution in [0.15, 0.2) is 36.5 Å². The van der Waals surface area contributed by atoms with E-state index in [1.165, 1.54) is 11.6 Å². The predicted molar refractivity (Wildman–Crippen MR) is 92.9 cm³/mol. The van der Waals surface area contributed by atoms with Gasteiger partial charge in [-0.05, 0) is 23.8 Å². The fourth-order valence-electron chi connectivity index (χ4n) is 2.26. The van der Waals surface area contributed by atoms with Gasteiger partial charge in [0.05, 0.1) is 27.5 Å². The molecule has 0 aliphatic heterocycles. The third-order valence-corrected chi connectivity index (χ3v) is 3.51. The first-order valence-electron chi connectivity index (χ1n) is 7.67. The number of hydrogen-bond acceptors (Lipinski definition) is 7. The summed E-state index contributed by atoms with van der Waals surface area (Å²) in [5.41, 5.74) is 1.44. The summed E-state index contributed by atoms with van der Waals surface area (Å²) in [4.78, 5) is 15.4. The Morgan fingerprint density at radius 3 is 2.50 bits per heavy atom. The smallest absolute Gasteiger partial charge is 0.412 e. The molecular weight excluding hydrogens is 340 g/mol. The molecule has 0 aliphatic carbocycles. The Hall–Kier alpha value is -3.49. The quantitative estimate of drug-likeness (QED) is 0.723. The Balaban J connectivity index is 1.74. The summed E-state index contributed by atoms with van der Waals surface area (Å²) < 4.78 is 22.3. The molecule has 0 spiro atoms. The van der Waals surface area contributed by atoms with Gasteiger partial charge in [0.2, 0.25) is 5.88 Å². The third-order valence-electron chi connectivity index (χ3n) is 3.51. The number of amides is 1. The van der Waals surface area contributed by atoms with Gasteiger partial charge in [0, 0.05) is 12.1 Å². The highest BCUT2D eigenvalue weighted by atomic mass is 16.5. The van der Waals surface area contributed by atoms with Crippen molar-refractivity contribution in [2.45, 2.75) is 6.61 Å². The Morgan fingerprint density at radius 1 is 1.12 bits per heavy atom. The molecule has 1 aromatic carbocycles. The van der Waals surface area contributed by atoms with Crippen molar-refractivity contribution in [1.82, 2.24) is 14.6 Å². The number of rotatable bonds is 6. The van der Waals surface area contributed by atoms with E-state index in [1.807, 2.05) is 12.1 Å². The molecule has 136 valence electrons. The summed E-state index contributed by atoms with van der Waals surface area (Å²) in [6.07, 6.45) is 0.963. The van der Waals surface area contributed by atoms with E-state index in [9.17, 15) is 4.79 Å². The van der Waals surface area contributed by atoms with Gasteiger partial charge in [-0.1, -0.05) is 0 Å². The highest BCUT2D eigenvalue weighted by Gasteiger charge is 2.08. The van der Waals surface area contributed by atoms with Gasteiger partial charge in [-0.25, -0.2) is 14.3 Å². The molecule has 0 saturated heterocycles. The van der Waals surface area contributed by atoms with Crippen LogP contribution in [0.25, 0.3) is 5.65 Å². The predicted octanol–water partition coefficient (Wildman–Crippen LogP) is 2.50. The summed E-state index contributed by atoms with van der Waals surface area (Å²) in [6.45, 7) is 0.286. The zero-order valence-electron chi connectivity index (χ0n) is 14.6. The summed E-state index contributed by atoms with van der Waals surface area (Å²) in [5.74, 6) is 2.10. The molecule has 1 N–H and O–H groups in total. The number of carbonyl (C=O) groups excluding carboxylic acids is 1. The molecule has 0 fully saturated rings. The Bertz CT molecular complexity index is 902. The second kappa shape index (κ2) is 7.60. The number of nitrogens with one attached hydrogen (secondary N) is 1. The number of carbonyl (C=O) groups is 1. The van der Waals surface area contributed by atoms with Crippen LogP contribution < -0.4 is 19.5 Å². The molecule has 3 rings (SSSR count). The lowest BCUT2D eigenvalue weighted by atomic mass is 10.2. The molecule has 3 aromatic rings. The van der Waals surface area contributed by atoms with Crippen molar-refractivity contribution < 1.29 is 23.7 Å². The van der Waals surface area contributed by atoms with Crippen LogP contribution in [0.5, 0.6) is 17.4 Å². The van der Waals surface area contributed by atoms with Crippen LogP contribution in [0.2, 0.25) is 0 Å². The molecule has 9 heteroatoms. The standard InChI is InChI=1S/C17H18N4O5/c1-23-12-6-11(7-13(8-12)24-2)10-26-16-5-4-15-18-14(9-21(15)20-16)19-17(22)25-3/h4-9H,10H2,1-3H3,(H,19,22). The van der Waals surface area contributed by atoms with Crippen LogP contribution in [-0.4, -0.2) is 42.0 Å². The number of imidazole rings is 1. The lowest BCUT2D eigenvalue weighted by molar-refractivity contribution is 0.187. The number of hydrogen-bond donors (Lipinski definition) is 1. The molecule has 0 atom stereocenters. The Morgan fingerprint density at radius 2 is 1.85 bits per heavy atom. The number of ether oxygens (including phenoxy) is 4. The van der Waals surface area contributed by atoms with Gasteiger partial charge in [0.1, 0.15) is 18.1 Å². The summed E-state index contributed by atoms with van der Waals surface area (Å²) in [7, 11) is 4.46. The van der Waals surface area contributed by atoms with Crippen LogP contribution in [0, 0.1) is 0 Å². The van der Waals surface area contributed by atoms with Crippen LogP contribution in [0.1, 0.15) is 5.56 Å². The van der Waals surface area contributed by atoms with Gasteiger partial charge in [-0.15, -0.1) is 5.10 Å². The van der Waals surface area contributed by atoms with E-state index in [-0.39, 0.29) is 6.61 Å². The van der Waals surface area contributed by atoms with E-state index in [1.54, 1.807) is 38.6 Å². The molecule has 0 radical (unpaired) electrons. The van der Waals surface area contributed by atoms with Crippen molar-refractivity contribution >= 4 is 17.6 Å². The van der Waals surface area contributed by atoms with E-state index in [4.69, 9.17) is 14.2 Å². The molecule has 26 heavy (non-hydrogen) atoms. The summed E-state index contributed by atoms with van der Waals surface area (Å²) >= 11 is 0. The summed E-state index contributed by atoms with van der Waals surface area (Å²) in [6, 6.07) is 8.93. The fourth-order valence-corrected chi connectivity index (χ4v) is 2.26. The van der Waals surface area contributed by atoms with E-state index in [0.29, 0.717) is 28.8 Å². The van der Waals surface area contributed by atoms with Crippen molar-refractivity contribution in [3.05, 3.63) is 42.1 Å². The van der Waals surface area contributed by atoms with Gasteiger partial charge in [0.15, 0.2) is 11.5 Å². The molecule has 0 aliphatic rings. The minimum atomic E-state index is -0.600. The molecular formula is C17H18N4O5. The van der Waals surface area contributed by atoms with E-state index >= 15 is 0 Å². The monoisotopic (exact) mass is 358 g/mol. The largest absolute Gasteiger partial charge is 0.497 e. The average Bonchev–Trinajstić information content (AvgIpc) is 3.07. The van der Waals surface area contributed by atoms with Crippen molar-refractivity contribution in [3.63, 3.8) is 0 Å². The van der Waals surface area contributed by atoms with Gasteiger partial charge in [-0.3, -0.25) is 5.32 Å². The SMILES string of the molecule is COC(=O)Nc1cn2nc(OCc3cc(OC)cc(OC)c3)ccc2n1. The molecule has 9 nitrogen and oxygen atoms in total. The number of fused-ring (bicyclic) bond motifs is 1. The molecule has 0 saturated carbocycles. The highest BCUT2D eigenvalue weighted by Crippen LogP contribution is 2.23. The molecule has 1 amide bonds. The number of methoxy groups -OCH3 is 3.